The Morgan fingerprint density at radius 1 is 1.06 bits per heavy atom. The second kappa shape index (κ2) is 5.46. The van der Waals surface area contributed by atoms with E-state index >= 15 is 0 Å². The molecule has 1 nitrogen and oxygen atoms in total. The molecule has 0 unspecified atom stereocenters. The summed E-state index contributed by atoms with van der Waals surface area (Å²) in [4.78, 5) is 4.34. The van der Waals surface area contributed by atoms with Crippen LogP contribution in [0.4, 0.5) is 0 Å². The molecule has 0 bridgehead atoms. The van der Waals surface area contributed by atoms with E-state index in [4.69, 9.17) is 0 Å². The summed E-state index contributed by atoms with van der Waals surface area (Å²) < 4.78 is 0. The van der Waals surface area contributed by atoms with E-state index in [1.165, 1.54) is 10.8 Å². The van der Waals surface area contributed by atoms with Crippen LogP contribution in [0.5, 0.6) is 0 Å². The van der Waals surface area contributed by atoms with Crippen molar-refractivity contribution in [1.29, 1.82) is 0 Å². The summed E-state index contributed by atoms with van der Waals surface area (Å²) in [5, 5.41) is 2.49. The zero-order valence-corrected chi connectivity index (χ0v) is 10.9. The molecule has 2 aromatic carbocycles. The summed E-state index contributed by atoms with van der Waals surface area (Å²) in [5.74, 6) is 0. The predicted octanol–water partition coefficient (Wildman–Crippen LogP) is 4.85. The number of allylic oxidation sites excluding steroid dienone is 2. The number of rotatable bonds is 3. The van der Waals surface area contributed by atoms with Gasteiger partial charge in [-0.2, -0.15) is 0 Å². The average Bonchev–Trinajstić information content (AvgIpc) is 2.39. The topological polar surface area (TPSA) is 12.4 Å². The molecule has 0 fully saturated rings. The minimum atomic E-state index is 1.04. The number of hydrogen-bond donors (Lipinski definition) is 0. The highest BCUT2D eigenvalue weighted by atomic mass is 14.7. The molecule has 0 aliphatic carbocycles. The van der Waals surface area contributed by atoms with Gasteiger partial charge in [-0.25, -0.2) is 0 Å². The zero-order valence-electron chi connectivity index (χ0n) is 10.9. The van der Waals surface area contributed by atoms with Gasteiger partial charge in [-0.1, -0.05) is 49.1 Å². The fraction of sp³-hybridized carbons (Fsp3) is 0.118. The number of nitrogens with zero attached hydrogens (tertiary/aromatic N) is 1. The van der Waals surface area contributed by atoms with Crippen molar-refractivity contribution in [3.05, 3.63) is 66.9 Å². The molecule has 2 rings (SSSR count). The number of fused-ring (bicyclic) bond motifs is 1. The van der Waals surface area contributed by atoms with Crippen molar-refractivity contribution in [3.8, 4) is 0 Å². The highest BCUT2D eigenvalue weighted by Crippen LogP contribution is 2.21. The lowest BCUT2D eigenvalue weighted by Crippen LogP contribution is -1.83. The van der Waals surface area contributed by atoms with Gasteiger partial charge in [0.1, 0.15) is 0 Å². The van der Waals surface area contributed by atoms with E-state index in [0.29, 0.717) is 0 Å². The van der Waals surface area contributed by atoms with E-state index in [1.54, 1.807) is 0 Å². The number of benzene rings is 2. The van der Waals surface area contributed by atoms with E-state index in [9.17, 15) is 0 Å². The molecule has 90 valence electrons. The van der Waals surface area contributed by atoms with Gasteiger partial charge in [-0.3, -0.25) is 4.99 Å². The first-order valence-corrected chi connectivity index (χ1v) is 6.03. The zero-order chi connectivity index (χ0) is 13.0. The Kier molecular flexibility index (Phi) is 3.73. The molecule has 2 aromatic rings. The molecule has 0 amide bonds. The molecule has 0 spiro atoms. The van der Waals surface area contributed by atoms with Gasteiger partial charge in [0.2, 0.25) is 0 Å². The molecule has 0 aromatic heterocycles. The van der Waals surface area contributed by atoms with Gasteiger partial charge in [0.15, 0.2) is 0 Å². The first kappa shape index (κ1) is 12.3. The van der Waals surface area contributed by atoms with E-state index in [0.717, 1.165) is 16.8 Å². The standard InChI is InChI=1S/C17H17N/c1-4-14(12-18-13(2)3)17-10-9-15-7-5-6-8-16(15)11-17/h4-12H,1H2,2-3H3/b14-12+. The van der Waals surface area contributed by atoms with E-state index in [1.807, 2.05) is 26.1 Å². The van der Waals surface area contributed by atoms with Crippen molar-refractivity contribution in [1.82, 2.24) is 0 Å². The van der Waals surface area contributed by atoms with Crippen molar-refractivity contribution in [3.63, 3.8) is 0 Å². The molecular formula is C17H17N. The van der Waals surface area contributed by atoms with Gasteiger partial charge < -0.3 is 0 Å². The van der Waals surface area contributed by atoms with E-state index < -0.39 is 0 Å². The maximum absolute atomic E-state index is 4.34. The normalized spacial score (nSPS) is 11.3. The average molecular weight is 235 g/mol. The molecule has 0 N–H and O–H groups in total. The van der Waals surface area contributed by atoms with Crippen LogP contribution in [0.25, 0.3) is 16.3 Å². The van der Waals surface area contributed by atoms with Gasteiger partial charge in [0, 0.05) is 11.9 Å². The van der Waals surface area contributed by atoms with Crippen LogP contribution < -0.4 is 0 Å². The monoisotopic (exact) mass is 235 g/mol. The SMILES string of the molecule is C=C/C(=C\N=C(C)C)c1ccc2ccccc2c1. The Labute approximate surface area is 108 Å². The van der Waals surface area contributed by atoms with Crippen LogP contribution in [-0.2, 0) is 0 Å². The summed E-state index contributed by atoms with van der Waals surface area (Å²) in [5.41, 5.74) is 3.23. The molecule has 0 saturated carbocycles. The third kappa shape index (κ3) is 2.75. The predicted molar refractivity (Wildman–Crippen MR) is 80.9 cm³/mol. The Balaban J connectivity index is 2.49. The van der Waals surface area contributed by atoms with Gasteiger partial charge in [-0.15, -0.1) is 0 Å². The molecule has 0 radical (unpaired) electrons. The largest absolute Gasteiger partial charge is 0.266 e. The third-order valence-corrected chi connectivity index (χ3v) is 2.76. The van der Waals surface area contributed by atoms with Crippen LogP contribution in [0.3, 0.4) is 0 Å². The van der Waals surface area contributed by atoms with Crippen LogP contribution in [0.15, 0.2) is 66.3 Å². The second-order valence-electron chi connectivity index (χ2n) is 4.43. The lowest BCUT2D eigenvalue weighted by molar-refractivity contribution is 1.49. The van der Waals surface area contributed by atoms with Crippen molar-refractivity contribution in [2.24, 2.45) is 4.99 Å². The van der Waals surface area contributed by atoms with Gasteiger partial charge in [0.05, 0.1) is 0 Å². The smallest absolute Gasteiger partial charge is 0.0345 e. The van der Waals surface area contributed by atoms with Crippen molar-refractivity contribution < 1.29 is 0 Å². The lowest BCUT2D eigenvalue weighted by Gasteiger charge is -2.04. The second-order valence-corrected chi connectivity index (χ2v) is 4.43. The van der Waals surface area contributed by atoms with Crippen LogP contribution in [0.1, 0.15) is 19.4 Å². The first-order valence-electron chi connectivity index (χ1n) is 6.03. The Morgan fingerprint density at radius 3 is 2.44 bits per heavy atom. The molecule has 0 heterocycles. The molecule has 0 atom stereocenters. The summed E-state index contributed by atoms with van der Waals surface area (Å²) in [6, 6.07) is 14.7. The number of hydrogen-bond acceptors (Lipinski definition) is 1. The van der Waals surface area contributed by atoms with Crippen molar-refractivity contribution in [2.75, 3.05) is 0 Å². The minimum absolute atomic E-state index is 1.04. The summed E-state index contributed by atoms with van der Waals surface area (Å²) in [6.07, 6.45) is 3.71. The third-order valence-electron chi connectivity index (χ3n) is 2.76. The van der Waals surface area contributed by atoms with Gasteiger partial charge in [-0.05, 0) is 41.8 Å². The highest BCUT2D eigenvalue weighted by molar-refractivity contribution is 5.88. The van der Waals surface area contributed by atoms with Gasteiger partial charge >= 0.3 is 0 Å². The van der Waals surface area contributed by atoms with Crippen LogP contribution in [0.2, 0.25) is 0 Å². The summed E-state index contributed by atoms with van der Waals surface area (Å²) in [6.45, 7) is 7.83. The molecule has 1 heteroatoms. The Morgan fingerprint density at radius 2 is 1.78 bits per heavy atom. The van der Waals surface area contributed by atoms with Crippen LogP contribution in [-0.4, -0.2) is 5.71 Å². The minimum Gasteiger partial charge on any atom is -0.266 e. The maximum Gasteiger partial charge on any atom is 0.0345 e. The number of aliphatic imine (C=N–C) groups is 1. The summed E-state index contributed by atoms with van der Waals surface area (Å²) >= 11 is 0. The van der Waals surface area contributed by atoms with Gasteiger partial charge in [0.25, 0.3) is 0 Å². The van der Waals surface area contributed by atoms with Crippen molar-refractivity contribution >= 4 is 22.1 Å². The van der Waals surface area contributed by atoms with Crippen molar-refractivity contribution in [2.45, 2.75) is 13.8 Å². The Bertz CT molecular complexity index is 629. The molecule has 0 saturated heterocycles. The molecular weight excluding hydrogens is 218 g/mol. The fourth-order valence-corrected chi connectivity index (χ4v) is 1.81. The lowest BCUT2D eigenvalue weighted by atomic mass is 10.0. The maximum atomic E-state index is 4.34. The molecule has 0 aliphatic rings. The first-order chi connectivity index (χ1) is 8.70. The fourth-order valence-electron chi connectivity index (χ4n) is 1.81. The summed E-state index contributed by atoms with van der Waals surface area (Å²) in [7, 11) is 0. The van der Waals surface area contributed by atoms with Crippen LogP contribution >= 0.6 is 0 Å². The van der Waals surface area contributed by atoms with Crippen LogP contribution in [0, 0.1) is 0 Å². The van der Waals surface area contributed by atoms with E-state index in [2.05, 4.69) is 54.0 Å². The molecule has 18 heavy (non-hydrogen) atoms. The Hall–Kier alpha value is -2.15. The molecule has 0 aliphatic heterocycles. The quantitative estimate of drug-likeness (QED) is 0.533. The highest BCUT2D eigenvalue weighted by Gasteiger charge is 1.99. The van der Waals surface area contributed by atoms with E-state index in [-0.39, 0.29) is 0 Å².